The SMILES string of the molecule is Cc1ccc(-c2ccc(N3c4ccc(-c5ccc(C)cc5)cc4B4c5cc(C(C)C)ccc5Oc5c4c3c3c4c5-n5c6ccc(-c7ccc(C)cc7)cc6c6cc(-c7ccc(C)cc7)cc(c65)B4c4cc(C(C)C)ccc4O3)cc2)cc1. The predicted octanol–water partition coefficient (Wildman–Crippen LogP) is 16.3. The number of fused-ring (bicyclic) bond motifs is 13. The molecule has 0 saturated heterocycles. The summed E-state index contributed by atoms with van der Waals surface area (Å²) < 4.78 is 18.3. The maximum atomic E-state index is 7.86. The molecule has 1 aromatic heterocycles. The first-order valence-corrected chi connectivity index (χ1v) is 29.2. The Hall–Kier alpha value is -9.25. The van der Waals surface area contributed by atoms with Crippen LogP contribution in [0.4, 0.5) is 17.1 Å². The number of ether oxygens (including phenoxy) is 2. The second kappa shape index (κ2) is 18.1. The number of benzene rings is 11. The minimum Gasteiger partial charge on any atom is -0.456 e. The van der Waals surface area contributed by atoms with Gasteiger partial charge in [0.25, 0.3) is 13.4 Å². The van der Waals surface area contributed by atoms with Crippen LogP contribution in [0.3, 0.4) is 0 Å². The molecule has 5 heterocycles. The van der Waals surface area contributed by atoms with Gasteiger partial charge in [0.1, 0.15) is 23.0 Å². The van der Waals surface area contributed by atoms with Crippen LogP contribution in [0.15, 0.2) is 206 Å². The van der Waals surface area contributed by atoms with Crippen LogP contribution in [0.2, 0.25) is 0 Å². The lowest BCUT2D eigenvalue weighted by Gasteiger charge is -2.45. The Bertz CT molecular complexity index is 4650. The molecule has 0 amide bonds. The van der Waals surface area contributed by atoms with E-state index in [1.165, 1.54) is 116 Å². The Morgan fingerprint density at radius 1 is 0.354 bits per heavy atom. The molecule has 0 radical (unpaired) electrons. The van der Waals surface area contributed by atoms with Crippen LogP contribution in [0.1, 0.15) is 72.9 Å². The van der Waals surface area contributed by atoms with E-state index in [0.717, 1.165) is 62.2 Å². The van der Waals surface area contributed by atoms with Crippen LogP contribution in [0, 0.1) is 27.7 Å². The van der Waals surface area contributed by atoms with E-state index < -0.39 is 0 Å². The fraction of sp³-hybridized carbons (Fsp3) is 0.132. The Balaban J connectivity index is 1.06. The highest BCUT2D eigenvalue weighted by Crippen LogP contribution is 2.52. The molecule has 0 fully saturated rings. The third-order valence-electron chi connectivity index (χ3n) is 18.3. The molecule has 0 bridgehead atoms. The molecule has 4 aliphatic rings. The van der Waals surface area contributed by atoms with Crippen molar-refractivity contribution in [3.8, 4) is 73.2 Å². The molecular weight excluding hydrogens is 994 g/mol. The van der Waals surface area contributed by atoms with Gasteiger partial charge in [0.05, 0.1) is 16.9 Å². The van der Waals surface area contributed by atoms with E-state index in [-0.39, 0.29) is 13.4 Å². The molecule has 0 aliphatic carbocycles. The summed E-state index contributed by atoms with van der Waals surface area (Å²) in [5, 5.41) is 2.43. The molecule has 4 aliphatic heterocycles. The van der Waals surface area contributed by atoms with Crippen LogP contribution >= 0.6 is 0 Å². The zero-order valence-corrected chi connectivity index (χ0v) is 47.7. The Labute approximate surface area is 481 Å². The Morgan fingerprint density at radius 2 is 0.768 bits per heavy atom. The standard InChI is InChI=1S/C76H60B2N2O2/c1-43(2)54-29-35-68-63(39-54)77-62-41-57(52-21-13-47(7)14-22-52)28-34-67(62)79(59-31-25-50(26-32-59)49-17-9-45(5)10-18-49)73-70(77)76(82-68)74-71-75(73)81-69-36-30-55(44(3)4)40-64(69)78(71)65-42-58(53-23-15-48(8)16-24-53)38-61-60-37-56(51-19-11-46(6)12-20-51)27-33-66(60)80(74)72(61)65/h9-44H,1-8H3. The summed E-state index contributed by atoms with van der Waals surface area (Å²) in [4.78, 5) is 2.51. The summed E-state index contributed by atoms with van der Waals surface area (Å²) in [7, 11) is 0. The van der Waals surface area contributed by atoms with E-state index in [1.54, 1.807) is 0 Å². The second-order valence-electron chi connectivity index (χ2n) is 24.3. The van der Waals surface area contributed by atoms with Gasteiger partial charge in [0.2, 0.25) is 0 Å². The van der Waals surface area contributed by atoms with E-state index >= 15 is 0 Å². The van der Waals surface area contributed by atoms with Crippen molar-refractivity contribution in [3.63, 3.8) is 0 Å². The van der Waals surface area contributed by atoms with E-state index in [9.17, 15) is 0 Å². The van der Waals surface area contributed by atoms with E-state index in [4.69, 9.17) is 9.47 Å². The minimum atomic E-state index is -0.210. The van der Waals surface area contributed by atoms with Crippen molar-refractivity contribution in [2.45, 2.75) is 67.2 Å². The summed E-state index contributed by atoms with van der Waals surface area (Å²) in [6.45, 7) is 17.4. The quantitative estimate of drug-likeness (QED) is 0.149. The summed E-state index contributed by atoms with van der Waals surface area (Å²) in [5.74, 6) is 4.13. The Kier molecular flexibility index (Phi) is 10.8. The number of anilines is 3. The third kappa shape index (κ3) is 7.33. The fourth-order valence-electron chi connectivity index (χ4n) is 13.9. The van der Waals surface area contributed by atoms with Crippen LogP contribution in [-0.2, 0) is 0 Å². The van der Waals surface area contributed by atoms with Crippen molar-refractivity contribution in [1.29, 1.82) is 0 Å². The number of rotatable bonds is 7. The lowest BCUT2D eigenvalue weighted by atomic mass is 9.31. The van der Waals surface area contributed by atoms with Gasteiger partial charge < -0.3 is 18.9 Å². The number of hydrogen-bond acceptors (Lipinski definition) is 3. The van der Waals surface area contributed by atoms with Crippen molar-refractivity contribution in [1.82, 2.24) is 4.57 Å². The predicted molar refractivity (Wildman–Crippen MR) is 347 cm³/mol. The molecule has 82 heavy (non-hydrogen) atoms. The average molecular weight is 1050 g/mol. The summed E-state index contributed by atoms with van der Waals surface area (Å²) in [5.41, 5.74) is 30.7. The van der Waals surface area contributed by atoms with Crippen molar-refractivity contribution >= 4 is 85.1 Å². The normalized spacial score (nSPS) is 13.2. The van der Waals surface area contributed by atoms with Gasteiger partial charge in [-0.05, 0) is 166 Å². The largest absolute Gasteiger partial charge is 0.456 e. The topological polar surface area (TPSA) is 26.6 Å². The van der Waals surface area contributed by atoms with E-state index in [1.807, 2.05) is 0 Å². The van der Waals surface area contributed by atoms with Gasteiger partial charge in [0.15, 0.2) is 0 Å². The molecule has 11 aromatic carbocycles. The summed E-state index contributed by atoms with van der Waals surface area (Å²) in [6, 6.07) is 78.2. The highest BCUT2D eigenvalue weighted by Gasteiger charge is 2.51. The molecule has 4 nitrogen and oxygen atoms in total. The molecule has 0 spiro atoms. The molecule has 392 valence electrons. The van der Waals surface area contributed by atoms with Gasteiger partial charge in [-0.2, -0.15) is 0 Å². The molecular formula is C76H60B2N2O2. The molecule has 0 atom stereocenters. The zero-order chi connectivity index (χ0) is 55.4. The first-order valence-electron chi connectivity index (χ1n) is 29.2. The molecule has 12 aromatic rings. The van der Waals surface area contributed by atoms with Gasteiger partial charge in [-0.1, -0.05) is 208 Å². The number of hydrogen-bond donors (Lipinski definition) is 0. The van der Waals surface area contributed by atoms with Crippen molar-refractivity contribution < 1.29 is 9.47 Å². The first-order chi connectivity index (χ1) is 39.9. The molecule has 0 N–H and O–H groups in total. The van der Waals surface area contributed by atoms with E-state index in [0.29, 0.717) is 11.8 Å². The monoisotopic (exact) mass is 1050 g/mol. The highest BCUT2D eigenvalue weighted by molar-refractivity contribution is 7.02. The van der Waals surface area contributed by atoms with Crippen LogP contribution in [0.25, 0.3) is 72.0 Å². The number of aromatic nitrogens is 1. The van der Waals surface area contributed by atoms with Gasteiger partial charge in [0, 0.05) is 38.6 Å². The molecule has 0 unspecified atom stereocenters. The first kappa shape index (κ1) is 48.6. The molecule has 16 rings (SSSR count). The van der Waals surface area contributed by atoms with Crippen LogP contribution in [0.5, 0.6) is 23.0 Å². The zero-order valence-electron chi connectivity index (χ0n) is 47.7. The van der Waals surface area contributed by atoms with Crippen LogP contribution in [-0.4, -0.2) is 18.0 Å². The van der Waals surface area contributed by atoms with Gasteiger partial charge in [-0.3, -0.25) is 0 Å². The van der Waals surface area contributed by atoms with Crippen molar-refractivity contribution in [3.05, 3.63) is 240 Å². The van der Waals surface area contributed by atoms with Gasteiger partial charge in [-0.15, -0.1) is 0 Å². The lowest BCUT2D eigenvalue weighted by Crippen LogP contribution is -2.63. The lowest BCUT2D eigenvalue weighted by molar-refractivity contribution is 0.474. The van der Waals surface area contributed by atoms with Gasteiger partial charge in [-0.25, -0.2) is 0 Å². The number of nitrogens with zero attached hydrogens (tertiary/aromatic N) is 2. The van der Waals surface area contributed by atoms with Crippen LogP contribution < -0.4 is 47.2 Å². The smallest absolute Gasteiger partial charge is 0.256 e. The Morgan fingerprint density at radius 3 is 1.30 bits per heavy atom. The third-order valence-corrected chi connectivity index (χ3v) is 18.3. The molecule has 6 heteroatoms. The summed E-state index contributed by atoms with van der Waals surface area (Å²) in [6.07, 6.45) is 0. The fourth-order valence-corrected chi connectivity index (χ4v) is 13.9. The maximum Gasteiger partial charge on any atom is 0.256 e. The second-order valence-corrected chi connectivity index (χ2v) is 24.3. The number of aryl methyl sites for hydroxylation is 4. The van der Waals surface area contributed by atoms with Crippen molar-refractivity contribution in [2.75, 3.05) is 4.90 Å². The van der Waals surface area contributed by atoms with Crippen molar-refractivity contribution in [2.24, 2.45) is 0 Å². The highest BCUT2D eigenvalue weighted by atomic mass is 16.5. The van der Waals surface area contributed by atoms with E-state index in [2.05, 4.69) is 271 Å². The molecule has 0 saturated carbocycles. The summed E-state index contributed by atoms with van der Waals surface area (Å²) >= 11 is 0. The maximum absolute atomic E-state index is 7.86. The minimum absolute atomic E-state index is 0.208. The van der Waals surface area contributed by atoms with Gasteiger partial charge >= 0.3 is 0 Å². The average Bonchev–Trinajstić information content (AvgIpc) is 2.06.